The average Bonchev–Trinajstić information content (AvgIpc) is 2.23. The summed E-state index contributed by atoms with van der Waals surface area (Å²) in [6, 6.07) is 5.07. The van der Waals surface area contributed by atoms with Crippen molar-refractivity contribution in [2.45, 2.75) is 58.9 Å². The van der Waals surface area contributed by atoms with Crippen LogP contribution in [0, 0.1) is 26.7 Å². The molecule has 1 aliphatic rings. The zero-order valence-electron chi connectivity index (χ0n) is 11.4. The average molecular weight is 231 g/mol. The summed E-state index contributed by atoms with van der Waals surface area (Å²) in [6.45, 7) is 6.68. The van der Waals surface area contributed by atoms with Gasteiger partial charge in [0.05, 0.1) is 0 Å². The van der Waals surface area contributed by atoms with E-state index in [1.165, 1.54) is 48.8 Å². The number of nitrogens with two attached hydrogens (primary N) is 1. The Kier molecular flexibility index (Phi) is 3.88. The van der Waals surface area contributed by atoms with E-state index < -0.39 is 0 Å². The first-order chi connectivity index (χ1) is 8.06. The molecule has 17 heavy (non-hydrogen) atoms. The molecule has 2 rings (SSSR count). The molecular weight excluding hydrogens is 206 g/mol. The number of benzene rings is 1. The smallest absolute Gasteiger partial charge is 0.00415 e. The standard InChI is InChI=1S/C16H25N/c1-11-7-12(2)16(13(3)8-11)10-14-5-4-6-15(17)9-14/h7-8,14-15H,4-6,9-10,17H2,1-3H3. The van der Waals surface area contributed by atoms with E-state index in [2.05, 4.69) is 32.9 Å². The molecule has 0 radical (unpaired) electrons. The fraction of sp³-hybridized carbons (Fsp3) is 0.625. The number of rotatable bonds is 2. The second kappa shape index (κ2) is 5.22. The van der Waals surface area contributed by atoms with E-state index in [1.54, 1.807) is 5.56 Å². The Labute approximate surface area is 105 Å². The van der Waals surface area contributed by atoms with E-state index in [0.29, 0.717) is 6.04 Å². The maximum Gasteiger partial charge on any atom is 0.00415 e. The Bertz CT molecular complexity index is 372. The highest BCUT2D eigenvalue weighted by atomic mass is 14.6. The van der Waals surface area contributed by atoms with Gasteiger partial charge in [0.15, 0.2) is 0 Å². The topological polar surface area (TPSA) is 26.0 Å². The monoisotopic (exact) mass is 231 g/mol. The van der Waals surface area contributed by atoms with Gasteiger partial charge in [0.1, 0.15) is 0 Å². The summed E-state index contributed by atoms with van der Waals surface area (Å²) in [5, 5.41) is 0. The SMILES string of the molecule is Cc1cc(C)c(CC2CCCC(N)C2)c(C)c1. The predicted octanol–water partition coefficient (Wildman–Crippen LogP) is 3.67. The third-order valence-electron chi connectivity index (χ3n) is 4.16. The van der Waals surface area contributed by atoms with Crippen LogP contribution in [0.1, 0.15) is 47.9 Å². The summed E-state index contributed by atoms with van der Waals surface area (Å²) in [7, 11) is 0. The third-order valence-corrected chi connectivity index (χ3v) is 4.16. The zero-order valence-corrected chi connectivity index (χ0v) is 11.4. The van der Waals surface area contributed by atoms with Crippen molar-refractivity contribution in [1.82, 2.24) is 0 Å². The van der Waals surface area contributed by atoms with E-state index in [0.717, 1.165) is 5.92 Å². The molecule has 1 saturated carbocycles. The Morgan fingerprint density at radius 3 is 2.35 bits per heavy atom. The molecular formula is C16H25N. The molecule has 2 atom stereocenters. The molecule has 0 bridgehead atoms. The van der Waals surface area contributed by atoms with E-state index in [1.807, 2.05) is 0 Å². The summed E-state index contributed by atoms with van der Waals surface area (Å²) in [5.41, 5.74) is 11.9. The highest BCUT2D eigenvalue weighted by molar-refractivity contribution is 5.37. The number of aryl methyl sites for hydroxylation is 3. The van der Waals surface area contributed by atoms with Crippen LogP contribution < -0.4 is 5.73 Å². The Morgan fingerprint density at radius 1 is 1.12 bits per heavy atom. The van der Waals surface area contributed by atoms with Crippen LogP contribution in [0.25, 0.3) is 0 Å². The van der Waals surface area contributed by atoms with Gasteiger partial charge in [-0.25, -0.2) is 0 Å². The van der Waals surface area contributed by atoms with E-state index in [4.69, 9.17) is 5.73 Å². The normalized spacial score (nSPS) is 24.9. The van der Waals surface area contributed by atoms with Gasteiger partial charge >= 0.3 is 0 Å². The summed E-state index contributed by atoms with van der Waals surface area (Å²) in [4.78, 5) is 0. The van der Waals surface area contributed by atoms with Gasteiger partial charge in [0, 0.05) is 6.04 Å². The predicted molar refractivity (Wildman–Crippen MR) is 74.3 cm³/mol. The highest BCUT2D eigenvalue weighted by Gasteiger charge is 2.20. The first kappa shape index (κ1) is 12.6. The van der Waals surface area contributed by atoms with Crippen LogP contribution in [0.15, 0.2) is 12.1 Å². The minimum absolute atomic E-state index is 0.444. The maximum absolute atomic E-state index is 6.08. The highest BCUT2D eigenvalue weighted by Crippen LogP contribution is 2.29. The van der Waals surface area contributed by atoms with Crippen LogP contribution in [0.3, 0.4) is 0 Å². The second-order valence-electron chi connectivity index (χ2n) is 5.87. The van der Waals surface area contributed by atoms with E-state index in [9.17, 15) is 0 Å². The summed E-state index contributed by atoms with van der Waals surface area (Å²) in [5.74, 6) is 0.804. The van der Waals surface area contributed by atoms with Gasteiger partial charge in [-0.05, 0) is 62.6 Å². The molecule has 1 aliphatic carbocycles. The molecule has 2 unspecified atom stereocenters. The lowest BCUT2D eigenvalue weighted by Gasteiger charge is -2.27. The van der Waals surface area contributed by atoms with Crippen molar-refractivity contribution >= 4 is 0 Å². The zero-order chi connectivity index (χ0) is 12.4. The van der Waals surface area contributed by atoms with Gasteiger partial charge in [-0.15, -0.1) is 0 Å². The van der Waals surface area contributed by atoms with Crippen molar-refractivity contribution in [3.8, 4) is 0 Å². The number of hydrogen-bond donors (Lipinski definition) is 1. The van der Waals surface area contributed by atoms with Gasteiger partial charge in [-0.2, -0.15) is 0 Å². The molecule has 1 aromatic rings. The molecule has 0 heterocycles. The number of hydrogen-bond acceptors (Lipinski definition) is 1. The molecule has 1 nitrogen and oxygen atoms in total. The Hall–Kier alpha value is -0.820. The molecule has 0 saturated heterocycles. The van der Waals surface area contributed by atoms with Gasteiger partial charge in [-0.3, -0.25) is 0 Å². The lowest BCUT2D eigenvalue weighted by Crippen LogP contribution is -2.28. The Morgan fingerprint density at radius 2 is 1.76 bits per heavy atom. The third kappa shape index (κ3) is 3.10. The van der Waals surface area contributed by atoms with Crippen molar-refractivity contribution in [2.75, 3.05) is 0 Å². The fourth-order valence-electron chi connectivity index (χ4n) is 3.34. The molecule has 1 heteroatoms. The van der Waals surface area contributed by atoms with Crippen molar-refractivity contribution in [3.63, 3.8) is 0 Å². The first-order valence-corrected chi connectivity index (χ1v) is 6.88. The molecule has 2 N–H and O–H groups in total. The van der Waals surface area contributed by atoms with Gasteiger partial charge in [-0.1, -0.05) is 30.5 Å². The fourth-order valence-corrected chi connectivity index (χ4v) is 3.34. The van der Waals surface area contributed by atoms with Crippen molar-refractivity contribution < 1.29 is 0 Å². The quantitative estimate of drug-likeness (QED) is 0.825. The summed E-state index contributed by atoms with van der Waals surface area (Å²) >= 11 is 0. The van der Waals surface area contributed by atoms with Crippen molar-refractivity contribution in [2.24, 2.45) is 11.7 Å². The van der Waals surface area contributed by atoms with Crippen molar-refractivity contribution in [1.29, 1.82) is 0 Å². The van der Waals surface area contributed by atoms with Crippen LogP contribution in [-0.4, -0.2) is 6.04 Å². The molecule has 1 fully saturated rings. The molecule has 0 aliphatic heterocycles. The van der Waals surface area contributed by atoms with Gasteiger partial charge < -0.3 is 5.73 Å². The molecule has 1 aromatic carbocycles. The molecule has 94 valence electrons. The lowest BCUT2D eigenvalue weighted by molar-refractivity contribution is 0.320. The minimum atomic E-state index is 0.444. The Balaban J connectivity index is 2.12. The second-order valence-corrected chi connectivity index (χ2v) is 5.87. The van der Waals surface area contributed by atoms with E-state index in [-0.39, 0.29) is 0 Å². The molecule has 0 aromatic heterocycles. The summed E-state index contributed by atoms with van der Waals surface area (Å²) in [6.07, 6.45) is 6.34. The minimum Gasteiger partial charge on any atom is -0.328 e. The van der Waals surface area contributed by atoms with E-state index >= 15 is 0 Å². The van der Waals surface area contributed by atoms with Gasteiger partial charge in [0.2, 0.25) is 0 Å². The lowest BCUT2D eigenvalue weighted by atomic mass is 9.80. The largest absolute Gasteiger partial charge is 0.328 e. The van der Waals surface area contributed by atoms with Crippen molar-refractivity contribution in [3.05, 3.63) is 34.4 Å². The van der Waals surface area contributed by atoms with Gasteiger partial charge in [0.25, 0.3) is 0 Å². The van der Waals surface area contributed by atoms with Crippen LogP contribution in [0.2, 0.25) is 0 Å². The van der Waals surface area contributed by atoms with Crippen LogP contribution >= 0.6 is 0 Å². The van der Waals surface area contributed by atoms with Crippen LogP contribution in [-0.2, 0) is 6.42 Å². The maximum atomic E-state index is 6.08. The molecule has 0 spiro atoms. The van der Waals surface area contributed by atoms with Crippen LogP contribution in [0.4, 0.5) is 0 Å². The summed E-state index contributed by atoms with van der Waals surface area (Å²) < 4.78 is 0. The first-order valence-electron chi connectivity index (χ1n) is 6.88. The van der Waals surface area contributed by atoms with Crippen LogP contribution in [0.5, 0.6) is 0 Å². The molecule has 0 amide bonds.